The van der Waals surface area contributed by atoms with Gasteiger partial charge in [-0.3, -0.25) is 14.5 Å². The van der Waals surface area contributed by atoms with E-state index < -0.39 is 5.25 Å². The maximum absolute atomic E-state index is 12.3. The van der Waals surface area contributed by atoms with Gasteiger partial charge in [0.05, 0.1) is 23.6 Å². The molecule has 2 fully saturated rings. The average Bonchev–Trinajstić information content (AvgIpc) is 3.08. The fourth-order valence-electron chi connectivity index (χ4n) is 3.73. The first-order valence-corrected chi connectivity index (χ1v) is 10.2. The first kappa shape index (κ1) is 18.1. The lowest BCUT2D eigenvalue weighted by Gasteiger charge is -2.35. The van der Waals surface area contributed by atoms with E-state index in [1.54, 1.807) is 12.1 Å². The molecule has 0 aromatic heterocycles. The van der Waals surface area contributed by atoms with Gasteiger partial charge in [0, 0.05) is 35.5 Å². The van der Waals surface area contributed by atoms with Crippen LogP contribution in [0.15, 0.2) is 23.1 Å². The lowest BCUT2D eigenvalue weighted by molar-refractivity contribution is -0.125. The number of nitrogens with zero attached hydrogens (tertiary/aromatic N) is 1. The summed E-state index contributed by atoms with van der Waals surface area (Å²) in [6, 6.07) is 5.94. The molecule has 8 heteroatoms. The van der Waals surface area contributed by atoms with Crippen molar-refractivity contribution in [3.05, 3.63) is 23.2 Å². The number of hydrogen-bond acceptors (Lipinski definition) is 5. The lowest BCUT2D eigenvalue weighted by atomic mass is 10.2. The quantitative estimate of drug-likeness (QED) is 0.817. The third-order valence-corrected chi connectivity index (χ3v) is 6.63. The molecule has 3 heterocycles. The van der Waals surface area contributed by atoms with E-state index in [1.807, 2.05) is 6.07 Å². The topological polar surface area (TPSA) is 70.7 Å². The zero-order valence-corrected chi connectivity index (χ0v) is 15.9. The highest BCUT2D eigenvalue weighted by Crippen LogP contribution is 2.38. The van der Waals surface area contributed by atoms with Gasteiger partial charge in [-0.2, -0.15) is 0 Å². The highest BCUT2D eigenvalue weighted by Gasteiger charge is 2.33. The number of fused-ring (bicyclic) bond motifs is 2. The van der Waals surface area contributed by atoms with E-state index in [0.29, 0.717) is 23.3 Å². The molecule has 0 bridgehead atoms. The fourth-order valence-corrected chi connectivity index (χ4v) is 5.00. The third-order valence-electron chi connectivity index (χ3n) is 5.12. The Labute approximate surface area is 162 Å². The number of ether oxygens (including phenoxy) is 1. The molecule has 0 unspecified atom stereocenters. The summed E-state index contributed by atoms with van der Waals surface area (Å²) in [4.78, 5) is 27.9. The molecular formula is C18H22ClN3O3S. The van der Waals surface area contributed by atoms with Gasteiger partial charge in [0.2, 0.25) is 11.8 Å². The number of thioether (sulfide) groups is 1. The van der Waals surface area contributed by atoms with Crippen LogP contribution in [0.2, 0.25) is 5.02 Å². The Kier molecular flexibility index (Phi) is 5.40. The van der Waals surface area contributed by atoms with Crippen LogP contribution in [0.4, 0.5) is 5.69 Å². The molecule has 0 spiro atoms. The minimum atomic E-state index is -0.432. The summed E-state index contributed by atoms with van der Waals surface area (Å²) in [6.45, 7) is 3.24. The van der Waals surface area contributed by atoms with Crippen LogP contribution >= 0.6 is 23.4 Å². The Bertz CT molecular complexity index is 717. The number of carbonyl (C=O) groups excluding carboxylic acids is 2. The van der Waals surface area contributed by atoms with Gasteiger partial charge in [0.1, 0.15) is 0 Å². The smallest absolute Gasteiger partial charge is 0.238 e. The molecule has 3 aliphatic heterocycles. The molecule has 0 radical (unpaired) electrons. The van der Waals surface area contributed by atoms with Crippen LogP contribution in [-0.4, -0.2) is 60.4 Å². The number of anilines is 1. The zero-order valence-electron chi connectivity index (χ0n) is 14.4. The summed E-state index contributed by atoms with van der Waals surface area (Å²) >= 11 is 7.36. The number of rotatable bonds is 4. The number of hydrogen-bond donors (Lipinski definition) is 2. The van der Waals surface area contributed by atoms with Crippen molar-refractivity contribution >= 4 is 40.9 Å². The molecule has 6 nitrogen and oxygen atoms in total. The van der Waals surface area contributed by atoms with Crippen LogP contribution in [0.5, 0.6) is 0 Å². The molecule has 3 atom stereocenters. The molecule has 26 heavy (non-hydrogen) atoms. The first-order chi connectivity index (χ1) is 12.6. The maximum atomic E-state index is 12.3. The largest absolute Gasteiger partial charge is 0.373 e. The highest BCUT2D eigenvalue weighted by atomic mass is 35.5. The Morgan fingerprint density at radius 1 is 1.46 bits per heavy atom. The van der Waals surface area contributed by atoms with Gasteiger partial charge in [-0.05, 0) is 37.6 Å². The van der Waals surface area contributed by atoms with E-state index in [-0.39, 0.29) is 24.3 Å². The summed E-state index contributed by atoms with van der Waals surface area (Å²) in [5.74, 6) is -0.282. The van der Waals surface area contributed by atoms with Crippen molar-refractivity contribution in [3.63, 3.8) is 0 Å². The van der Waals surface area contributed by atoms with Crippen LogP contribution in [0.1, 0.15) is 19.3 Å². The molecule has 4 rings (SSSR count). The molecule has 3 aliphatic rings. The molecule has 1 aromatic carbocycles. The fraction of sp³-hybridized carbons (Fsp3) is 0.556. The standard InChI is InChI=1S/C18H22ClN3O3S/c19-11-3-4-15-14(6-11)21-18(24)16(26-15)7-17(23)20-8-13-9-22-5-1-2-12(22)10-25-13/h3-4,6,12-13,16H,1-2,5,7-10H2,(H,20,23)(H,21,24)/t12-,13-,16-/m0/s1. The maximum Gasteiger partial charge on any atom is 0.238 e. The van der Waals surface area contributed by atoms with E-state index >= 15 is 0 Å². The van der Waals surface area contributed by atoms with Crippen molar-refractivity contribution in [2.45, 2.75) is 41.6 Å². The summed E-state index contributed by atoms with van der Waals surface area (Å²) in [7, 11) is 0. The number of halogens is 1. The second-order valence-electron chi connectivity index (χ2n) is 6.99. The predicted molar refractivity (Wildman–Crippen MR) is 102 cm³/mol. The van der Waals surface area contributed by atoms with E-state index in [2.05, 4.69) is 15.5 Å². The molecule has 2 saturated heterocycles. The summed E-state index contributed by atoms with van der Waals surface area (Å²) in [5, 5.41) is 5.91. The molecule has 2 amide bonds. The normalized spacial score (nSPS) is 28.2. The highest BCUT2D eigenvalue weighted by molar-refractivity contribution is 8.01. The molecule has 0 aliphatic carbocycles. The predicted octanol–water partition coefficient (Wildman–Crippen LogP) is 2.12. The van der Waals surface area contributed by atoms with Crippen molar-refractivity contribution < 1.29 is 14.3 Å². The Morgan fingerprint density at radius 2 is 2.35 bits per heavy atom. The van der Waals surface area contributed by atoms with Crippen molar-refractivity contribution in [1.29, 1.82) is 0 Å². The van der Waals surface area contributed by atoms with Gasteiger partial charge in [-0.15, -0.1) is 11.8 Å². The summed E-state index contributed by atoms with van der Waals surface area (Å²) < 4.78 is 5.86. The van der Waals surface area contributed by atoms with Gasteiger partial charge in [0.25, 0.3) is 0 Å². The third kappa shape index (κ3) is 4.01. The molecule has 0 saturated carbocycles. The Balaban J connectivity index is 1.27. The van der Waals surface area contributed by atoms with Crippen molar-refractivity contribution in [2.75, 3.05) is 31.6 Å². The van der Waals surface area contributed by atoms with E-state index in [1.165, 1.54) is 24.6 Å². The Morgan fingerprint density at radius 3 is 3.23 bits per heavy atom. The van der Waals surface area contributed by atoms with E-state index in [9.17, 15) is 9.59 Å². The van der Waals surface area contributed by atoms with Gasteiger partial charge < -0.3 is 15.4 Å². The number of morpholine rings is 1. The van der Waals surface area contributed by atoms with Gasteiger partial charge in [0.15, 0.2) is 0 Å². The van der Waals surface area contributed by atoms with Gasteiger partial charge in [-0.25, -0.2) is 0 Å². The second kappa shape index (κ2) is 7.76. The van der Waals surface area contributed by atoms with Crippen LogP contribution in [0.3, 0.4) is 0 Å². The first-order valence-electron chi connectivity index (χ1n) is 8.98. The summed E-state index contributed by atoms with van der Waals surface area (Å²) in [5.41, 5.74) is 0.708. The van der Waals surface area contributed by atoms with Gasteiger partial charge >= 0.3 is 0 Å². The molecular weight excluding hydrogens is 374 g/mol. The van der Waals surface area contributed by atoms with Crippen molar-refractivity contribution in [1.82, 2.24) is 10.2 Å². The van der Waals surface area contributed by atoms with Crippen LogP contribution in [-0.2, 0) is 14.3 Å². The number of benzene rings is 1. The minimum Gasteiger partial charge on any atom is -0.373 e. The average molecular weight is 396 g/mol. The number of nitrogens with one attached hydrogen (secondary N) is 2. The van der Waals surface area contributed by atoms with Crippen LogP contribution < -0.4 is 10.6 Å². The van der Waals surface area contributed by atoms with Crippen molar-refractivity contribution in [3.8, 4) is 0 Å². The minimum absolute atomic E-state index is 0.0315. The second-order valence-corrected chi connectivity index (χ2v) is 8.67. The summed E-state index contributed by atoms with van der Waals surface area (Å²) in [6.07, 6.45) is 2.62. The molecule has 1 aromatic rings. The Hall–Kier alpha value is -1.28. The lowest BCUT2D eigenvalue weighted by Crippen LogP contribution is -2.50. The van der Waals surface area contributed by atoms with E-state index in [4.69, 9.17) is 16.3 Å². The van der Waals surface area contributed by atoms with E-state index in [0.717, 1.165) is 24.6 Å². The van der Waals surface area contributed by atoms with Crippen LogP contribution in [0, 0.1) is 0 Å². The number of carbonyl (C=O) groups is 2. The van der Waals surface area contributed by atoms with Crippen molar-refractivity contribution in [2.24, 2.45) is 0 Å². The molecule has 2 N–H and O–H groups in total. The van der Waals surface area contributed by atoms with Gasteiger partial charge in [-0.1, -0.05) is 11.6 Å². The molecule has 140 valence electrons. The SMILES string of the molecule is O=C(C[C@@H]1Sc2ccc(Cl)cc2NC1=O)NC[C@H]1CN2CCC[C@H]2CO1. The number of amides is 2. The van der Waals surface area contributed by atoms with Crippen LogP contribution in [0.25, 0.3) is 0 Å². The zero-order chi connectivity index (χ0) is 18.1. The monoisotopic (exact) mass is 395 g/mol.